The molecule has 150 valence electrons. The molecule has 0 bridgehead atoms. The van der Waals surface area contributed by atoms with Crippen molar-refractivity contribution in [2.45, 2.75) is 25.7 Å². The van der Waals surface area contributed by atoms with Crippen LogP contribution < -0.4 is 10.6 Å². The highest BCUT2D eigenvalue weighted by atomic mass is 35.5. The van der Waals surface area contributed by atoms with Crippen LogP contribution in [0.5, 0.6) is 0 Å². The summed E-state index contributed by atoms with van der Waals surface area (Å²) in [6, 6.07) is 4.17. The molecule has 0 saturated carbocycles. The molecule has 2 amide bonds. The van der Waals surface area contributed by atoms with Crippen LogP contribution in [0, 0.1) is 5.82 Å². The molecule has 1 atom stereocenters. The number of hydrogen-bond donors (Lipinski definition) is 3. The van der Waals surface area contributed by atoms with E-state index in [0.717, 1.165) is 6.07 Å². The summed E-state index contributed by atoms with van der Waals surface area (Å²) in [6.45, 7) is 1.29. The Morgan fingerprint density at radius 2 is 1.93 bits per heavy atom. The summed E-state index contributed by atoms with van der Waals surface area (Å²) in [5.74, 6) is -2.16. The molecule has 0 fully saturated rings. The van der Waals surface area contributed by atoms with Gasteiger partial charge >= 0.3 is 12.3 Å². The van der Waals surface area contributed by atoms with Crippen LogP contribution in [0.1, 0.15) is 40.1 Å². The maximum absolute atomic E-state index is 13.4. The highest BCUT2D eigenvalue weighted by molar-refractivity contribution is 6.29. The zero-order valence-electron chi connectivity index (χ0n) is 14.3. The minimum Gasteiger partial charge on any atom is -0.465 e. The molecule has 2 rings (SSSR count). The third kappa shape index (κ3) is 5.56. The van der Waals surface area contributed by atoms with Gasteiger partial charge in [0.1, 0.15) is 16.7 Å². The average molecular weight is 420 g/mol. The number of carboxylic acid groups (broad SMARTS) is 1. The van der Waals surface area contributed by atoms with Crippen molar-refractivity contribution in [3.8, 4) is 0 Å². The van der Waals surface area contributed by atoms with Crippen LogP contribution in [0.15, 0.2) is 30.3 Å². The van der Waals surface area contributed by atoms with Crippen molar-refractivity contribution in [1.82, 2.24) is 15.6 Å². The number of nitrogens with zero attached hydrogens (tertiary/aromatic N) is 1. The Morgan fingerprint density at radius 1 is 1.25 bits per heavy atom. The zero-order chi connectivity index (χ0) is 21.1. The average Bonchev–Trinajstić information content (AvgIpc) is 2.58. The lowest BCUT2D eigenvalue weighted by molar-refractivity contribution is -0.140. The quantitative estimate of drug-likeness (QED) is 0.501. The number of benzene rings is 1. The fourth-order valence-electron chi connectivity index (χ4n) is 2.33. The standard InChI is InChI=1S/C17H14ClF4N3O3/c1-8(10-2-3-12(19)11(6-10)17(20,21)22)24-15(26)13-4-9(5-14(18)25-13)7-23-16(27)28/h2-6,8,23H,7H2,1H3,(H,24,26)(H,27,28). The largest absolute Gasteiger partial charge is 0.465 e. The van der Waals surface area contributed by atoms with E-state index in [2.05, 4.69) is 15.6 Å². The number of carbonyl (C=O) groups is 2. The van der Waals surface area contributed by atoms with E-state index in [1.54, 1.807) is 0 Å². The molecule has 2 aromatic rings. The molecular formula is C17H14ClF4N3O3. The molecule has 0 aliphatic rings. The van der Waals surface area contributed by atoms with E-state index in [1.165, 1.54) is 19.1 Å². The predicted octanol–water partition coefficient (Wildman–Crippen LogP) is 4.15. The van der Waals surface area contributed by atoms with Crippen molar-refractivity contribution >= 4 is 23.6 Å². The maximum atomic E-state index is 13.4. The first kappa shape index (κ1) is 21.4. The topological polar surface area (TPSA) is 91.3 Å². The molecule has 0 radical (unpaired) electrons. The Labute approximate surface area is 161 Å². The molecule has 0 aliphatic heterocycles. The van der Waals surface area contributed by atoms with Crippen molar-refractivity contribution in [3.05, 3.63) is 63.7 Å². The second-order valence-electron chi connectivity index (χ2n) is 5.77. The maximum Gasteiger partial charge on any atom is 0.419 e. The first-order valence-electron chi connectivity index (χ1n) is 7.78. The van der Waals surface area contributed by atoms with Gasteiger partial charge in [0, 0.05) is 6.54 Å². The molecule has 0 aliphatic carbocycles. The number of carbonyl (C=O) groups excluding carboxylic acids is 1. The Bertz CT molecular complexity index is 906. The van der Waals surface area contributed by atoms with Crippen molar-refractivity contribution < 1.29 is 32.3 Å². The molecule has 1 aromatic heterocycles. The number of alkyl halides is 3. The number of pyridine rings is 1. The minimum atomic E-state index is -4.87. The van der Waals surface area contributed by atoms with Gasteiger partial charge in [0.2, 0.25) is 0 Å². The SMILES string of the molecule is CC(NC(=O)c1cc(CNC(=O)O)cc(Cl)n1)c1ccc(F)c(C(F)(F)F)c1. The van der Waals surface area contributed by atoms with E-state index in [9.17, 15) is 27.2 Å². The molecule has 0 spiro atoms. The van der Waals surface area contributed by atoms with Gasteiger partial charge in [-0.2, -0.15) is 13.2 Å². The van der Waals surface area contributed by atoms with E-state index < -0.39 is 35.6 Å². The second kappa shape index (κ2) is 8.42. The van der Waals surface area contributed by atoms with Crippen molar-refractivity contribution in [2.24, 2.45) is 0 Å². The molecule has 1 unspecified atom stereocenters. The van der Waals surface area contributed by atoms with E-state index in [1.807, 2.05) is 0 Å². The number of rotatable bonds is 5. The monoisotopic (exact) mass is 419 g/mol. The predicted molar refractivity (Wildman–Crippen MR) is 91.4 cm³/mol. The Kier molecular flexibility index (Phi) is 6.45. The van der Waals surface area contributed by atoms with Gasteiger partial charge in [-0.3, -0.25) is 4.79 Å². The van der Waals surface area contributed by atoms with Crippen LogP contribution in [-0.2, 0) is 12.7 Å². The number of amides is 2. The van der Waals surface area contributed by atoms with Gasteiger partial charge in [-0.25, -0.2) is 14.2 Å². The molecule has 11 heteroatoms. The van der Waals surface area contributed by atoms with Crippen LogP contribution in [0.25, 0.3) is 0 Å². The van der Waals surface area contributed by atoms with Gasteiger partial charge in [-0.05, 0) is 42.3 Å². The first-order valence-corrected chi connectivity index (χ1v) is 8.16. The van der Waals surface area contributed by atoms with E-state index in [-0.39, 0.29) is 23.0 Å². The first-order chi connectivity index (χ1) is 13.0. The molecule has 28 heavy (non-hydrogen) atoms. The van der Waals surface area contributed by atoms with Crippen molar-refractivity contribution in [2.75, 3.05) is 0 Å². The van der Waals surface area contributed by atoms with Crippen LogP contribution in [0.3, 0.4) is 0 Å². The summed E-state index contributed by atoms with van der Waals surface area (Å²) in [5, 5.41) is 13.1. The lowest BCUT2D eigenvalue weighted by Crippen LogP contribution is -2.28. The fourth-order valence-corrected chi connectivity index (χ4v) is 2.56. The van der Waals surface area contributed by atoms with Crippen molar-refractivity contribution in [3.63, 3.8) is 0 Å². The number of aromatic nitrogens is 1. The molecule has 1 aromatic carbocycles. The van der Waals surface area contributed by atoms with Gasteiger partial charge in [0.25, 0.3) is 5.91 Å². The Hall–Kier alpha value is -2.88. The Morgan fingerprint density at radius 3 is 2.54 bits per heavy atom. The van der Waals surface area contributed by atoms with Crippen LogP contribution >= 0.6 is 11.6 Å². The summed E-state index contributed by atoms with van der Waals surface area (Å²) < 4.78 is 51.9. The van der Waals surface area contributed by atoms with Gasteiger partial charge in [-0.1, -0.05) is 17.7 Å². The summed E-state index contributed by atoms with van der Waals surface area (Å²) in [7, 11) is 0. The van der Waals surface area contributed by atoms with Gasteiger partial charge in [0.15, 0.2) is 0 Å². The number of hydrogen-bond acceptors (Lipinski definition) is 3. The smallest absolute Gasteiger partial charge is 0.419 e. The van der Waals surface area contributed by atoms with Gasteiger partial charge in [-0.15, -0.1) is 0 Å². The molecule has 3 N–H and O–H groups in total. The third-order valence-electron chi connectivity index (χ3n) is 3.67. The van der Waals surface area contributed by atoms with Crippen LogP contribution in [0.4, 0.5) is 22.4 Å². The highest BCUT2D eigenvalue weighted by Gasteiger charge is 2.34. The number of halogens is 5. The summed E-state index contributed by atoms with van der Waals surface area (Å²) in [5.41, 5.74) is -1.19. The fraction of sp³-hybridized carbons (Fsp3) is 0.235. The summed E-state index contributed by atoms with van der Waals surface area (Å²) >= 11 is 5.82. The van der Waals surface area contributed by atoms with Gasteiger partial charge < -0.3 is 15.7 Å². The molecule has 1 heterocycles. The minimum absolute atomic E-state index is 0.0388. The summed E-state index contributed by atoms with van der Waals surface area (Å²) in [4.78, 5) is 26.7. The zero-order valence-corrected chi connectivity index (χ0v) is 15.0. The van der Waals surface area contributed by atoms with E-state index in [4.69, 9.17) is 16.7 Å². The second-order valence-corrected chi connectivity index (χ2v) is 6.16. The lowest BCUT2D eigenvalue weighted by atomic mass is 10.0. The highest BCUT2D eigenvalue weighted by Crippen LogP contribution is 2.33. The van der Waals surface area contributed by atoms with Crippen LogP contribution in [-0.4, -0.2) is 22.1 Å². The van der Waals surface area contributed by atoms with Gasteiger partial charge in [0.05, 0.1) is 11.6 Å². The molecule has 6 nitrogen and oxygen atoms in total. The van der Waals surface area contributed by atoms with Crippen LogP contribution in [0.2, 0.25) is 5.15 Å². The third-order valence-corrected chi connectivity index (χ3v) is 3.87. The molecule has 0 saturated heterocycles. The molecular weight excluding hydrogens is 406 g/mol. The lowest BCUT2D eigenvalue weighted by Gasteiger charge is -2.17. The number of nitrogens with one attached hydrogen (secondary N) is 2. The normalized spacial score (nSPS) is 12.4. The Balaban J connectivity index is 2.20. The summed E-state index contributed by atoms with van der Waals surface area (Å²) in [6.07, 6.45) is -6.14. The van der Waals surface area contributed by atoms with E-state index >= 15 is 0 Å². The van der Waals surface area contributed by atoms with E-state index in [0.29, 0.717) is 17.7 Å². The van der Waals surface area contributed by atoms with Crippen molar-refractivity contribution in [1.29, 1.82) is 0 Å².